The van der Waals surface area contributed by atoms with Crippen molar-refractivity contribution in [1.29, 1.82) is 0 Å². The average Bonchev–Trinajstić information content (AvgIpc) is 2.25. The SMILES string of the molecule is CCCCCCCCCCCCCC(=O)O.Cl. The van der Waals surface area contributed by atoms with Crippen LogP contribution in [-0.4, -0.2) is 11.1 Å². The van der Waals surface area contributed by atoms with Gasteiger partial charge in [0.2, 0.25) is 0 Å². The van der Waals surface area contributed by atoms with Crippen LogP contribution < -0.4 is 0 Å². The zero-order valence-electron chi connectivity index (χ0n) is 11.2. The van der Waals surface area contributed by atoms with Gasteiger partial charge in [0.15, 0.2) is 0 Å². The van der Waals surface area contributed by atoms with Crippen molar-refractivity contribution in [2.45, 2.75) is 84.0 Å². The number of unbranched alkanes of at least 4 members (excludes halogenated alkanes) is 10. The first-order valence-electron chi connectivity index (χ1n) is 6.99. The third-order valence-electron chi connectivity index (χ3n) is 2.99. The predicted octanol–water partition coefficient (Wildman–Crippen LogP) is 5.19. The van der Waals surface area contributed by atoms with Gasteiger partial charge in [0.25, 0.3) is 0 Å². The minimum atomic E-state index is -0.657. The minimum Gasteiger partial charge on any atom is -0.481 e. The highest BCUT2D eigenvalue weighted by molar-refractivity contribution is 5.85. The fraction of sp³-hybridized carbons (Fsp3) is 0.929. The maximum Gasteiger partial charge on any atom is 0.303 e. The molecular weight excluding hydrogens is 236 g/mol. The van der Waals surface area contributed by atoms with Crippen LogP contribution in [0.3, 0.4) is 0 Å². The molecule has 0 aliphatic rings. The molecule has 0 heterocycles. The highest BCUT2D eigenvalue weighted by Crippen LogP contribution is 2.11. The average molecular weight is 265 g/mol. The van der Waals surface area contributed by atoms with Gasteiger partial charge >= 0.3 is 5.97 Å². The third-order valence-corrected chi connectivity index (χ3v) is 2.99. The van der Waals surface area contributed by atoms with E-state index in [9.17, 15) is 4.79 Å². The van der Waals surface area contributed by atoms with E-state index in [1.54, 1.807) is 0 Å². The molecule has 0 spiro atoms. The van der Waals surface area contributed by atoms with Crippen LogP contribution in [0.5, 0.6) is 0 Å². The Hall–Kier alpha value is -0.240. The van der Waals surface area contributed by atoms with Gasteiger partial charge in [0.1, 0.15) is 0 Å². The minimum absolute atomic E-state index is 0. The Labute approximate surface area is 113 Å². The number of carboxylic acid groups (broad SMARTS) is 1. The van der Waals surface area contributed by atoms with Crippen LogP contribution in [0.1, 0.15) is 84.0 Å². The Morgan fingerprint density at radius 3 is 1.47 bits per heavy atom. The van der Waals surface area contributed by atoms with Crippen molar-refractivity contribution in [3.63, 3.8) is 0 Å². The van der Waals surface area contributed by atoms with Gasteiger partial charge < -0.3 is 5.11 Å². The fourth-order valence-corrected chi connectivity index (χ4v) is 1.94. The largest absolute Gasteiger partial charge is 0.481 e. The van der Waals surface area contributed by atoms with E-state index in [4.69, 9.17) is 5.11 Å². The van der Waals surface area contributed by atoms with Crippen molar-refractivity contribution >= 4 is 18.4 Å². The number of rotatable bonds is 12. The summed E-state index contributed by atoms with van der Waals surface area (Å²) in [7, 11) is 0. The Morgan fingerprint density at radius 2 is 1.12 bits per heavy atom. The molecular formula is C14H29ClO2. The number of aliphatic carboxylic acids is 1. The van der Waals surface area contributed by atoms with Gasteiger partial charge in [-0.3, -0.25) is 4.79 Å². The molecule has 0 saturated heterocycles. The molecule has 0 aromatic rings. The van der Waals surface area contributed by atoms with Crippen molar-refractivity contribution < 1.29 is 9.90 Å². The zero-order chi connectivity index (χ0) is 12.1. The number of hydrogen-bond donors (Lipinski definition) is 1. The van der Waals surface area contributed by atoms with Crippen LogP contribution in [-0.2, 0) is 4.79 Å². The van der Waals surface area contributed by atoms with Crippen molar-refractivity contribution in [1.82, 2.24) is 0 Å². The van der Waals surface area contributed by atoms with E-state index < -0.39 is 5.97 Å². The molecule has 0 aliphatic carbocycles. The van der Waals surface area contributed by atoms with Gasteiger partial charge in [-0.2, -0.15) is 0 Å². The molecule has 0 rings (SSSR count). The molecule has 3 heteroatoms. The molecule has 0 fully saturated rings. The lowest BCUT2D eigenvalue weighted by molar-refractivity contribution is -0.137. The summed E-state index contributed by atoms with van der Waals surface area (Å²) in [5.74, 6) is -0.657. The van der Waals surface area contributed by atoms with Crippen LogP contribution in [0.25, 0.3) is 0 Å². The number of halogens is 1. The molecule has 104 valence electrons. The summed E-state index contributed by atoms with van der Waals surface area (Å²) in [5.41, 5.74) is 0. The van der Waals surface area contributed by atoms with E-state index >= 15 is 0 Å². The van der Waals surface area contributed by atoms with Crippen LogP contribution in [0.2, 0.25) is 0 Å². The molecule has 0 atom stereocenters. The Balaban J connectivity index is 0. The van der Waals surface area contributed by atoms with E-state index in [-0.39, 0.29) is 12.4 Å². The van der Waals surface area contributed by atoms with Crippen molar-refractivity contribution in [3.8, 4) is 0 Å². The van der Waals surface area contributed by atoms with Gasteiger partial charge in [-0.15, -0.1) is 12.4 Å². The highest BCUT2D eigenvalue weighted by Gasteiger charge is 1.96. The maximum absolute atomic E-state index is 10.3. The Bertz CT molecular complexity index is 160. The first kappa shape index (κ1) is 19.1. The second-order valence-electron chi connectivity index (χ2n) is 4.68. The molecule has 1 N–H and O–H groups in total. The summed E-state index contributed by atoms with van der Waals surface area (Å²) in [5, 5.41) is 8.46. The molecule has 17 heavy (non-hydrogen) atoms. The maximum atomic E-state index is 10.3. The van der Waals surface area contributed by atoms with Crippen LogP contribution in [0, 0.1) is 0 Å². The Kier molecular flexibility index (Phi) is 17.7. The van der Waals surface area contributed by atoms with Crippen molar-refractivity contribution in [2.24, 2.45) is 0 Å². The monoisotopic (exact) mass is 264 g/mol. The number of carboxylic acids is 1. The molecule has 0 aliphatic heterocycles. The topological polar surface area (TPSA) is 37.3 Å². The molecule has 0 aromatic carbocycles. The summed E-state index contributed by atoms with van der Waals surface area (Å²) < 4.78 is 0. The lowest BCUT2D eigenvalue weighted by Crippen LogP contribution is -1.93. The van der Waals surface area contributed by atoms with Crippen molar-refractivity contribution in [2.75, 3.05) is 0 Å². The number of carbonyl (C=O) groups is 1. The van der Waals surface area contributed by atoms with E-state index in [1.165, 1.54) is 57.8 Å². The number of hydrogen-bond acceptors (Lipinski definition) is 1. The van der Waals surface area contributed by atoms with E-state index in [0.29, 0.717) is 6.42 Å². The van der Waals surface area contributed by atoms with Gasteiger partial charge in [-0.1, -0.05) is 71.1 Å². The molecule has 2 nitrogen and oxygen atoms in total. The third kappa shape index (κ3) is 18.3. The van der Waals surface area contributed by atoms with Gasteiger partial charge in [-0.05, 0) is 6.42 Å². The molecule has 0 aromatic heterocycles. The summed E-state index contributed by atoms with van der Waals surface area (Å²) in [6.45, 7) is 2.25. The van der Waals surface area contributed by atoms with E-state index in [2.05, 4.69) is 6.92 Å². The zero-order valence-corrected chi connectivity index (χ0v) is 12.1. The molecule has 0 unspecified atom stereocenters. The van der Waals surface area contributed by atoms with E-state index in [0.717, 1.165) is 12.8 Å². The fourth-order valence-electron chi connectivity index (χ4n) is 1.94. The van der Waals surface area contributed by atoms with Crippen LogP contribution >= 0.6 is 12.4 Å². The molecule has 0 bridgehead atoms. The summed E-state index contributed by atoms with van der Waals surface area (Å²) in [4.78, 5) is 10.3. The lowest BCUT2D eigenvalue weighted by atomic mass is 10.1. The van der Waals surface area contributed by atoms with Gasteiger partial charge in [-0.25, -0.2) is 0 Å². The second kappa shape index (κ2) is 15.8. The molecule has 0 radical (unpaired) electrons. The normalized spacial score (nSPS) is 9.94. The summed E-state index contributed by atoms with van der Waals surface area (Å²) in [6, 6.07) is 0. The predicted molar refractivity (Wildman–Crippen MR) is 76.0 cm³/mol. The summed E-state index contributed by atoms with van der Waals surface area (Å²) in [6.07, 6.45) is 14.4. The summed E-state index contributed by atoms with van der Waals surface area (Å²) >= 11 is 0. The molecule has 0 amide bonds. The second-order valence-corrected chi connectivity index (χ2v) is 4.68. The van der Waals surface area contributed by atoms with Crippen molar-refractivity contribution in [3.05, 3.63) is 0 Å². The Morgan fingerprint density at radius 1 is 0.765 bits per heavy atom. The first-order chi connectivity index (χ1) is 7.77. The standard InChI is InChI=1S/C14H28O2.ClH/c1-2-3-4-5-6-7-8-9-10-11-12-13-14(15)16;/h2-13H2,1H3,(H,15,16);1H. The quantitative estimate of drug-likeness (QED) is 0.492. The highest BCUT2D eigenvalue weighted by atomic mass is 35.5. The van der Waals surface area contributed by atoms with Gasteiger partial charge in [0, 0.05) is 6.42 Å². The first-order valence-corrected chi connectivity index (χ1v) is 6.99. The van der Waals surface area contributed by atoms with Crippen LogP contribution in [0.4, 0.5) is 0 Å². The lowest BCUT2D eigenvalue weighted by Gasteiger charge is -2.01. The van der Waals surface area contributed by atoms with E-state index in [1.807, 2.05) is 0 Å². The smallest absolute Gasteiger partial charge is 0.303 e. The molecule has 0 saturated carbocycles. The van der Waals surface area contributed by atoms with Crippen LogP contribution in [0.15, 0.2) is 0 Å². The van der Waals surface area contributed by atoms with Gasteiger partial charge in [0.05, 0.1) is 0 Å².